The maximum Gasteiger partial charge on any atom is 0.165 e. The van der Waals surface area contributed by atoms with Crippen LogP contribution in [-0.2, 0) is 6.42 Å². The van der Waals surface area contributed by atoms with Crippen molar-refractivity contribution < 1.29 is 0 Å². The monoisotopic (exact) mass is 387 g/mol. The third-order valence-electron chi connectivity index (χ3n) is 4.84. The summed E-state index contributed by atoms with van der Waals surface area (Å²) in [6, 6.07) is 10.3. The van der Waals surface area contributed by atoms with Gasteiger partial charge >= 0.3 is 0 Å². The van der Waals surface area contributed by atoms with Crippen LogP contribution in [0.25, 0.3) is 22.3 Å². The molecule has 7 heteroatoms. The van der Waals surface area contributed by atoms with E-state index in [2.05, 4.69) is 49.6 Å². The highest BCUT2D eigenvalue weighted by atomic mass is 15.2. The third kappa shape index (κ3) is 3.85. The lowest BCUT2D eigenvalue weighted by molar-refractivity contribution is 0.997. The molecule has 0 amide bonds. The Labute approximate surface area is 170 Å². The molecule has 0 saturated carbocycles. The number of rotatable bonds is 6. The van der Waals surface area contributed by atoms with E-state index < -0.39 is 0 Å². The molecular weight excluding hydrogens is 362 g/mol. The van der Waals surface area contributed by atoms with Gasteiger partial charge in [-0.25, -0.2) is 9.97 Å². The fourth-order valence-electron chi connectivity index (χ4n) is 3.39. The smallest absolute Gasteiger partial charge is 0.165 e. The Morgan fingerprint density at radius 3 is 2.76 bits per heavy atom. The molecule has 0 aliphatic carbocycles. The summed E-state index contributed by atoms with van der Waals surface area (Å²) in [5.41, 5.74) is 11.2. The summed E-state index contributed by atoms with van der Waals surface area (Å²) in [5.74, 6) is 1.93. The number of aromatic nitrogens is 4. The van der Waals surface area contributed by atoms with Crippen molar-refractivity contribution >= 4 is 28.2 Å². The van der Waals surface area contributed by atoms with Crippen LogP contribution in [-0.4, -0.2) is 40.6 Å². The largest absolute Gasteiger partial charge is 0.393 e. The summed E-state index contributed by atoms with van der Waals surface area (Å²) < 4.78 is 0. The number of aryl methyl sites for hydroxylation is 1. The number of para-hydroxylation sites is 1. The number of fused-ring (bicyclic) bond motifs is 1. The first kappa shape index (κ1) is 18.7. The maximum atomic E-state index is 6.36. The Morgan fingerprint density at radius 2 is 1.97 bits per heavy atom. The van der Waals surface area contributed by atoms with Gasteiger partial charge in [0.25, 0.3) is 0 Å². The standard InChI is InChI=1S/C22H25N7/c1-14-10-16(12-24-11-14)20-27-21(19(23)22(28-20)29(2)3)25-9-8-15-13-26-18-7-5-4-6-17(15)18/h4-7,10-13,26H,8-9,23H2,1-3H3,(H,25,27,28). The van der Waals surface area contributed by atoms with E-state index in [1.807, 2.05) is 44.2 Å². The van der Waals surface area contributed by atoms with Gasteiger partial charge in [0.2, 0.25) is 0 Å². The van der Waals surface area contributed by atoms with Gasteiger partial charge in [-0.3, -0.25) is 4.98 Å². The van der Waals surface area contributed by atoms with Gasteiger partial charge in [0, 0.05) is 55.7 Å². The maximum absolute atomic E-state index is 6.36. The average molecular weight is 387 g/mol. The lowest BCUT2D eigenvalue weighted by Crippen LogP contribution is -2.17. The number of anilines is 3. The number of nitrogens with one attached hydrogen (secondary N) is 2. The third-order valence-corrected chi connectivity index (χ3v) is 4.84. The predicted molar refractivity (Wildman–Crippen MR) is 119 cm³/mol. The second-order valence-corrected chi connectivity index (χ2v) is 7.31. The minimum Gasteiger partial charge on any atom is -0.393 e. The fourth-order valence-corrected chi connectivity index (χ4v) is 3.39. The van der Waals surface area contributed by atoms with Crippen molar-refractivity contribution in [1.29, 1.82) is 0 Å². The SMILES string of the molecule is Cc1cncc(-c2nc(NCCc3c[nH]c4ccccc34)c(N)c(N(C)C)n2)c1. The van der Waals surface area contributed by atoms with Gasteiger partial charge in [-0.2, -0.15) is 0 Å². The first-order valence-electron chi connectivity index (χ1n) is 9.58. The molecule has 0 aliphatic heterocycles. The van der Waals surface area contributed by atoms with E-state index in [1.54, 1.807) is 6.20 Å². The van der Waals surface area contributed by atoms with Crippen LogP contribution >= 0.6 is 0 Å². The summed E-state index contributed by atoms with van der Waals surface area (Å²) in [5, 5.41) is 4.64. The molecule has 0 fully saturated rings. The van der Waals surface area contributed by atoms with Gasteiger partial charge in [0.05, 0.1) is 0 Å². The normalized spacial score (nSPS) is 11.0. The Hall–Kier alpha value is -3.61. The van der Waals surface area contributed by atoms with Gasteiger partial charge in [-0.15, -0.1) is 0 Å². The molecule has 0 saturated heterocycles. The molecule has 3 heterocycles. The van der Waals surface area contributed by atoms with E-state index in [0.717, 1.165) is 23.1 Å². The summed E-state index contributed by atoms with van der Waals surface area (Å²) in [7, 11) is 3.85. The summed E-state index contributed by atoms with van der Waals surface area (Å²) in [6.45, 7) is 2.71. The molecule has 29 heavy (non-hydrogen) atoms. The van der Waals surface area contributed by atoms with Gasteiger partial charge in [0.1, 0.15) is 5.69 Å². The number of pyridine rings is 1. The number of nitrogens with zero attached hydrogens (tertiary/aromatic N) is 4. The lowest BCUT2D eigenvalue weighted by atomic mass is 10.1. The number of hydrogen-bond donors (Lipinski definition) is 3. The van der Waals surface area contributed by atoms with E-state index >= 15 is 0 Å². The summed E-state index contributed by atoms with van der Waals surface area (Å²) in [6.07, 6.45) is 6.50. The average Bonchev–Trinajstić information content (AvgIpc) is 3.12. The van der Waals surface area contributed by atoms with Crippen LogP contribution in [0, 0.1) is 6.92 Å². The van der Waals surface area contributed by atoms with Gasteiger partial charge < -0.3 is 20.9 Å². The molecule has 148 valence electrons. The molecular formula is C22H25N7. The van der Waals surface area contributed by atoms with Crippen molar-refractivity contribution in [3.8, 4) is 11.4 Å². The topological polar surface area (TPSA) is 95.8 Å². The zero-order valence-electron chi connectivity index (χ0n) is 16.9. The Bertz CT molecular complexity index is 1150. The molecule has 0 radical (unpaired) electrons. The summed E-state index contributed by atoms with van der Waals surface area (Å²) in [4.78, 5) is 18.8. The van der Waals surface area contributed by atoms with Crippen LogP contribution in [0.3, 0.4) is 0 Å². The fraction of sp³-hybridized carbons (Fsp3) is 0.227. The number of benzene rings is 1. The highest BCUT2D eigenvalue weighted by Crippen LogP contribution is 2.29. The molecule has 0 bridgehead atoms. The highest BCUT2D eigenvalue weighted by molar-refractivity contribution is 5.83. The van der Waals surface area contributed by atoms with Gasteiger partial charge in [-0.1, -0.05) is 18.2 Å². The number of H-pyrrole nitrogens is 1. The lowest BCUT2D eigenvalue weighted by Gasteiger charge is -2.18. The quantitative estimate of drug-likeness (QED) is 0.468. The molecule has 0 atom stereocenters. The van der Waals surface area contributed by atoms with Crippen LogP contribution in [0.2, 0.25) is 0 Å². The second-order valence-electron chi connectivity index (χ2n) is 7.31. The molecule has 3 aromatic heterocycles. The zero-order valence-corrected chi connectivity index (χ0v) is 16.9. The van der Waals surface area contributed by atoms with Crippen LogP contribution in [0.1, 0.15) is 11.1 Å². The number of nitrogens with two attached hydrogens (primary N) is 1. The molecule has 1 aromatic carbocycles. The van der Waals surface area contributed by atoms with Crippen molar-refractivity contribution in [1.82, 2.24) is 19.9 Å². The Balaban J connectivity index is 1.60. The first-order valence-corrected chi connectivity index (χ1v) is 9.58. The number of aromatic amines is 1. The molecule has 0 aliphatic rings. The van der Waals surface area contributed by atoms with Gasteiger partial charge in [-0.05, 0) is 36.6 Å². The summed E-state index contributed by atoms with van der Waals surface area (Å²) >= 11 is 0. The van der Waals surface area contributed by atoms with E-state index in [4.69, 9.17) is 5.73 Å². The number of hydrogen-bond acceptors (Lipinski definition) is 6. The van der Waals surface area contributed by atoms with E-state index in [1.165, 1.54) is 10.9 Å². The Kier molecular flexibility index (Phi) is 5.03. The second kappa shape index (κ2) is 7.79. The molecule has 4 aromatic rings. The first-order chi connectivity index (χ1) is 14.0. The molecule has 7 nitrogen and oxygen atoms in total. The molecule has 0 unspecified atom stereocenters. The van der Waals surface area contributed by atoms with Crippen molar-refractivity contribution in [2.45, 2.75) is 13.3 Å². The predicted octanol–water partition coefficient (Wildman–Crippen LogP) is 3.63. The molecule has 4 rings (SSSR count). The van der Waals surface area contributed by atoms with E-state index in [9.17, 15) is 0 Å². The van der Waals surface area contributed by atoms with Crippen LogP contribution in [0.5, 0.6) is 0 Å². The number of nitrogen functional groups attached to an aromatic ring is 1. The van der Waals surface area contributed by atoms with Crippen LogP contribution in [0.4, 0.5) is 17.3 Å². The van der Waals surface area contributed by atoms with Crippen molar-refractivity contribution in [3.05, 3.63) is 60.0 Å². The van der Waals surface area contributed by atoms with Crippen LogP contribution < -0.4 is 16.0 Å². The van der Waals surface area contributed by atoms with Crippen molar-refractivity contribution in [2.24, 2.45) is 0 Å². The minimum absolute atomic E-state index is 0.540. The van der Waals surface area contributed by atoms with E-state index in [0.29, 0.717) is 29.7 Å². The van der Waals surface area contributed by atoms with E-state index in [-0.39, 0.29) is 0 Å². The van der Waals surface area contributed by atoms with Crippen molar-refractivity contribution in [3.63, 3.8) is 0 Å². The van der Waals surface area contributed by atoms with Crippen molar-refractivity contribution in [2.75, 3.05) is 36.6 Å². The zero-order chi connectivity index (χ0) is 20.4. The van der Waals surface area contributed by atoms with Gasteiger partial charge in [0.15, 0.2) is 17.5 Å². The molecule has 0 spiro atoms. The van der Waals surface area contributed by atoms with Crippen LogP contribution in [0.15, 0.2) is 48.9 Å². The molecule has 4 N–H and O–H groups in total. The Morgan fingerprint density at radius 1 is 1.14 bits per heavy atom. The minimum atomic E-state index is 0.540. The highest BCUT2D eigenvalue weighted by Gasteiger charge is 2.15.